The maximum Gasteiger partial charge on any atom is 0.271 e. The molecule has 1 aliphatic rings. The zero-order valence-corrected chi connectivity index (χ0v) is 16.1. The van der Waals surface area contributed by atoms with Crippen LogP contribution in [0.3, 0.4) is 0 Å². The molecule has 0 aliphatic carbocycles. The van der Waals surface area contributed by atoms with Gasteiger partial charge in [0.2, 0.25) is 5.91 Å². The molecule has 2 aromatic rings. The minimum atomic E-state index is -3.58. The van der Waals surface area contributed by atoms with Crippen molar-refractivity contribution in [2.24, 2.45) is 0 Å². The molecule has 24 heavy (non-hydrogen) atoms. The number of hydrogen-bond donors (Lipinski definition) is 1. The molecule has 128 valence electrons. The van der Waals surface area contributed by atoms with Crippen molar-refractivity contribution in [1.29, 1.82) is 0 Å². The fourth-order valence-corrected chi connectivity index (χ4v) is 5.66. The normalized spacial score (nSPS) is 14.8. The van der Waals surface area contributed by atoms with Gasteiger partial charge in [-0.25, -0.2) is 8.42 Å². The van der Waals surface area contributed by atoms with Crippen LogP contribution < -0.4 is 4.72 Å². The number of amides is 1. The van der Waals surface area contributed by atoms with E-state index in [2.05, 4.69) is 20.7 Å². The van der Waals surface area contributed by atoms with Crippen LogP contribution in [0.1, 0.15) is 18.4 Å². The van der Waals surface area contributed by atoms with Gasteiger partial charge in [-0.3, -0.25) is 9.52 Å². The predicted molar refractivity (Wildman–Crippen MR) is 98.8 cm³/mol. The van der Waals surface area contributed by atoms with Gasteiger partial charge in [0, 0.05) is 18.8 Å². The first-order valence-electron chi connectivity index (χ1n) is 7.59. The summed E-state index contributed by atoms with van der Waals surface area (Å²) in [5.41, 5.74) is 1.37. The number of benzene rings is 1. The third kappa shape index (κ3) is 4.17. The molecule has 1 aromatic heterocycles. The van der Waals surface area contributed by atoms with Gasteiger partial charge in [0.25, 0.3) is 10.0 Å². The monoisotopic (exact) mass is 428 g/mol. The quantitative estimate of drug-likeness (QED) is 0.792. The number of nitrogens with zero attached hydrogens (tertiary/aromatic N) is 1. The summed E-state index contributed by atoms with van der Waals surface area (Å²) < 4.78 is 28.1. The molecule has 0 saturated carbocycles. The van der Waals surface area contributed by atoms with E-state index in [1.54, 1.807) is 36.4 Å². The number of likely N-dealkylation sites (tertiary alicyclic amines) is 1. The Morgan fingerprint density at radius 1 is 1.12 bits per heavy atom. The van der Waals surface area contributed by atoms with Gasteiger partial charge in [-0.05, 0) is 58.6 Å². The number of carbonyl (C=O) groups excluding carboxylic acids is 1. The fourth-order valence-electron chi connectivity index (χ4n) is 2.59. The zero-order valence-electron chi connectivity index (χ0n) is 12.9. The number of nitrogens with one attached hydrogen (secondary N) is 1. The molecule has 0 radical (unpaired) electrons. The Labute approximate surface area is 153 Å². The highest BCUT2D eigenvalue weighted by Gasteiger charge is 2.19. The second-order valence-electron chi connectivity index (χ2n) is 5.63. The SMILES string of the molecule is O=C(Cc1ccc(NS(=O)(=O)c2ccc(Br)s2)cc1)N1CCCC1. The van der Waals surface area contributed by atoms with Gasteiger partial charge in [0.05, 0.1) is 10.2 Å². The Morgan fingerprint density at radius 2 is 1.79 bits per heavy atom. The number of halogens is 1. The first-order valence-corrected chi connectivity index (χ1v) is 10.7. The lowest BCUT2D eigenvalue weighted by Crippen LogP contribution is -2.29. The lowest BCUT2D eigenvalue weighted by atomic mass is 10.1. The lowest BCUT2D eigenvalue weighted by molar-refractivity contribution is -0.129. The van der Waals surface area contributed by atoms with E-state index in [1.165, 1.54) is 0 Å². The Balaban J connectivity index is 1.65. The Morgan fingerprint density at radius 3 is 2.38 bits per heavy atom. The van der Waals surface area contributed by atoms with E-state index < -0.39 is 10.0 Å². The van der Waals surface area contributed by atoms with Gasteiger partial charge >= 0.3 is 0 Å². The van der Waals surface area contributed by atoms with Crippen molar-refractivity contribution >= 4 is 48.9 Å². The summed E-state index contributed by atoms with van der Waals surface area (Å²) in [5, 5.41) is 0. The van der Waals surface area contributed by atoms with Crippen molar-refractivity contribution in [1.82, 2.24) is 4.90 Å². The third-order valence-electron chi connectivity index (χ3n) is 3.83. The first-order chi connectivity index (χ1) is 11.4. The number of thiophene rings is 1. The molecule has 1 aliphatic heterocycles. The van der Waals surface area contributed by atoms with Crippen LogP contribution in [0.15, 0.2) is 44.4 Å². The standard InChI is InChI=1S/C16H17BrN2O3S2/c17-14-7-8-16(23-14)24(21,22)18-13-5-3-12(4-6-13)11-15(20)19-9-1-2-10-19/h3-8,18H,1-2,9-11H2. The van der Waals surface area contributed by atoms with Crippen molar-refractivity contribution in [3.63, 3.8) is 0 Å². The summed E-state index contributed by atoms with van der Waals surface area (Å²) in [6.45, 7) is 1.68. The summed E-state index contributed by atoms with van der Waals surface area (Å²) in [4.78, 5) is 14.0. The van der Waals surface area contributed by atoms with E-state index in [1.807, 2.05) is 4.90 Å². The Kier molecular flexibility index (Phi) is 5.27. The lowest BCUT2D eigenvalue weighted by Gasteiger charge is -2.15. The highest BCUT2D eigenvalue weighted by atomic mass is 79.9. The second kappa shape index (κ2) is 7.25. The predicted octanol–water partition coefficient (Wildman–Crippen LogP) is 3.48. The largest absolute Gasteiger partial charge is 0.342 e. The molecule has 0 atom stereocenters. The number of carbonyl (C=O) groups is 1. The molecule has 0 spiro atoms. The average Bonchev–Trinajstić information content (AvgIpc) is 3.20. The maximum absolute atomic E-state index is 12.3. The summed E-state index contributed by atoms with van der Waals surface area (Å²) >= 11 is 4.42. The first kappa shape index (κ1) is 17.4. The number of rotatable bonds is 5. The van der Waals surface area contributed by atoms with E-state index in [9.17, 15) is 13.2 Å². The van der Waals surface area contributed by atoms with Gasteiger partial charge in [-0.15, -0.1) is 11.3 Å². The van der Waals surface area contributed by atoms with Gasteiger partial charge in [-0.1, -0.05) is 12.1 Å². The van der Waals surface area contributed by atoms with Crippen LogP contribution in [-0.4, -0.2) is 32.3 Å². The van der Waals surface area contributed by atoms with Crippen LogP contribution in [0.25, 0.3) is 0 Å². The van der Waals surface area contributed by atoms with Crippen LogP contribution in [0.4, 0.5) is 5.69 Å². The molecule has 1 N–H and O–H groups in total. The Bertz CT molecular complexity index is 825. The van der Waals surface area contributed by atoms with Crippen molar-refractivity contribution < 1.29 is 13.2 Å². The van der Waals surface area contributed by atoms with E-state index >= 15 is 0 Å². The Hall–Kier alpha value is -1.38. The molecular formula is C16H17BrN2O3S2. The number of anilines is 1. The van der Waals surface area contributed by atoms with Crippen molar-refractivity contribution in [3.8, 4) is 0 Å². The maximum atomic E-state index is 12.3. The van der Waals surface area contributed by atoms with Crippen molar-refractivity contribution in [2.45, 2.75) is 23.5 Å². The van der Waals surface area contributed by atoms with E-state index in [0.717, 1.165) is 46.6 Å². The minimum absolute atomic E-state index is 0.129. The molecule has 5 nitrogen and oxygen atoms in total. The van der Waals surface area contributed by atoms with E-state index in [-0.39, 0.29) is 10.1 Å². The molecule has 1 fully saturated rings. The molecule has 0 bridgehead atoms. The topological polar surface area (TPSA) is 66.5 Å². The second-order valence-corrected chi connectivity index (χ2v) is 10.00. The summed E-state index contributed by atoms with van der Waals surface area (Å²) in [6, 6.07) is 10.2. The van der Waals surface area contributed by atoms with Crippen LogP contribution in [0.5, 0.6) is 0 Å². The van der Waals surface area contributed by atoms with E-state index in [0.29, 0.717) is 12.1 Å². The molecule has 2 heterocycles. The zero-order chi connectivity index (χ0) is 17.2. The van der Waals surface area contributed by atoms with Gasteiger partial charge in [-0.2, -0.15) is 0 Å². The summed E-state index contributed by atoms with van der Waals surface area (Å²) in [5.74, 6) is 0.129. The minimum Gasteiger partial charge on any atom is -0.342 e. The molecule has 0 unspecified atom stereocenters. The number of hydrogen-bond acceptors (Lipinski definition) is 4. The van der Waals surface area contributed by atoms with Gasteiger partial charge in [0.15, 0.2) is 0 Å². The van der Waals surface area contributed by atoms with Crippen LogP contribution >= 0.6 is 27.3 Å². The number of sulfonamides is 1. The fraction of sp³-hybridized carbons (Fsp3) is 0.312. The summed E-state index contributed by atoms with van der Waals surface area (Å²) in [6.07, 6.45) is 2.50. The smallest absolute Gasteiger partial charge is 0.271 e. The highest BCUT2D eigenvalue weighted by molar-refractivity contribution is 9.11. The van der Waals surface area contributed by atoms with E-state index in [4.69, 9.17) is 0 Å². The van der Waals surface area contributed by atoms with Crippen LogP contribution in [-0.2, 0) is 21.2 Å². The molecular weight excluding hydrogens is 412 g/mol. The highest BCUT2D eigenvalue weighted by Crippen LogP contribution is 2.27. The summed E-state index contributed by atoms with van der Waals surface area (Å²) in [7, 11) is -3.58. The average molecular weight is 429 g/mol. The van der Waals surface area contributed by atoms with Crippen molar-refractivity contribution in [2.75, 3.05) is 17.8 Å². The van der Waals surface area contributed by atoms with Gasteiger partial charge < -0.3 is 4.90 Å². The molecule has 3 rings (SSSR count). The molecule has 1 amide bonds. The van der Waals surface area contributed by atoms with Gasteiger partial charge in [0.1, 0.15) is 4.21 Å². The molecule has 8 heteroatoms. The molecule has 1 saturated heterocycles. The van der Waals surface area contributed by atoms with Crippen LogP contribution in [0, 0.1) is 0 Å². The third-order valence-corrected chi connectivity index (χ3v) is 7.33. The molecule has 1 aromatic carbocycles. The van der Waals surface area contributed by atoms with Crippen LogP contribution in [0.2, 0.25) is 0 Å². The van der Waals surface area contributed by atoms with Crippen molar-refractivity contribution in [3.05, 3.63) is 45.7 Å².